The third kappa shape index (κ3) is 3.45. The van der Waals surface area contributed by atoms with E-state index >= 15 is 0 Å². The summed E-state index contributed by atoms with van der Waals surface area (Å²) < 4.78 is 32.9. The van der Waals surface area contributed by atoms with Gasteiger partial charge in [-0.15, -0.1) is 0 Å². The molecule has 0 atom stereocenters. The lowest BCUT2D eigenvalue weighted by molar-refractivity contribution is -0.0640. The number of H-pyrrole nitrogens is 1. The number of ether oxygens (including phenoxy) is 1. The van der Waals surface area contributed by atoms with E-state index in [4.69, 9.17) is 4.74 Å². The molecule has 1 aliphatic rings. The van der Waals surface area contributed by atoms with E-state index in [1.54, 1.807) is 6.92 Å². The maximum Gasteiger partial charge on any atom is 0.246 e. The number of sulfonamides is 1. The highest BCUT2D eigenvalue weighted by molar-refractivity contribution is 7.89. The second-order valence-corrected chi connectivity index (χ2v) is 7.73. The Morgan fingerprint density at radius 2 is 2.19 bits per heavy atom. The number of hydrogen-bond acceptors (Lipinski definition) is 5. The Labute approximate surface area is 126 Å². The fourth-order valence-electron chi connectivity index (χ4n) is 2.48. The first-order valence-electron chi connectivity index (χ1n) is 7.16. The van der Waals surface area contributed by atoms with Gasteiger partial charge in [0.25, 0.3) is 0 Å². The maximum atomic E-state index is 12.9. The second kappa shape index (κ2) is 6.04. The highest BCUT2D eigenvalue weighted by Gasteiger charge is 2.37. The lowest BCUT2D eigenvalue weighted by atomic mass is 10.1. The number of aromatic amines is 1. The van der Waals surface area contributed by atoms with E-state index in [9.17, 15) is 8.42 Å². The van der Waals surface area contributed by atoms with Crippen LogP contribution in [0.15, 0.2) is 4.90 Å². The van der Waals surface area contributed by atoms with Crippen LogP contribution < -0.4 is 5.32 Å². The van der Waals surface area contributed by atoms with Crippen LogP contribution in [0.25, 0.3) is 0 Å². The summed E-state index contributed by atoms with van der Waals surface area (Å²) in [6.07, 6.45) is 0. The summed E-state index contributed by atoms with van der Waals surface area (Å²) in [5, 5.41) is 10.0. The number of aryl methyl sites for hydroxylation is 1. The number of nitrogens with zero attached hydrogens (tertiary/aromatic N) is 2. The Hall–Kier alpha value is -0.960. The van der Waals surface area contributed by atoms with Crippen LogP contribution in [0.1, 0.15) is 32.2 Å². The van der Waals surface area contributed by atoms with E-state index in [1.165, 1.54) is 4.31 Å². The highest BCUT2D eigenvalue weighted by Crippen LogP contribution is 2.26. The summed E-state index contributed by atoms with van der Waals surface area (Å²) in [6.45, 7) is 9.83. The molecule has 7 nitrogen and oxygen atoms in total. The lowest BCUT2D eigenvalue weighted by Crippen LogP contribution is -2.50. The molecule has 1 aromatic heterocycles. The molecule has 0 aliphatic carbocycles. The quantitative estimate of drug-likeness (QED) is 0.832. The monoisotopic (exact) mass is 316 g/mol. The summed E-state index contributed by atoms with van der Waals surface area (Å²) in [6, 6.07) is 0. The van der Waals surface area contributed by atoms with E-state index in [2.05, 4.69) is 15.5 Å². The Morgan fingerprint density at radius 1 is 1.48 bits per heavy atom. The normalized spacial score (nSPS) is 19.8. The smallest absolute Gasteiger partial charge is 0.246 e. The SMILES string of the molecule is CCNCc1n[nH]c(C)c1S(=O)(=O)N1CCOC(C)(C)C1. The Balaban J connectivity index is 2.33. The molecule has 0 aromatic carbocycles. The van der Waals surface area contributed by atoms with Crippen molar-refractivity contribution in [1.29, 1.82) is 0 Å². The van der Waals surface area contributed by atoms with Crippen LogP contribution in [0, 0.1) is 6.92 Å². The van der Waals surface area contributed by atoms with Gasteiger partial charge in [0.05, 0.1) is 23.6 Å². The van der Waals surface area contributed by atoms with Crippen LogP contribution in [0.3, 0.4) is 0 Å². The van der Waals surface area contributed by atoms with E-state index in [1.807, 2.05) is 20.8 Å². The Morgan fingerprint density at radius 3 is 2.81 bits per heavy atom. The van der Waals surface area contributed by atoms with Crippen molar-refractivity contribution in [2.75, 3.05) is 26.2 Å². The van der Waals surface area contributed by atoms with Gasteiger partial charge in [0.15, 0.2) is 0 Å². The topological polar surface area (TPSA) is 87.3 Å². The molecule has 2 rings (SSSR count). The van der Waals surface area contributed by atoms with Crippen LogP contribution >= 0.6 is 0 Å². The average Bonchev–Trinajstić information content (AvgIpc) is 2.77. The zero-order valence-corrected chi connectivity index (χ0v) is 13.9. The molecule has 0 saturated carbocycles. The van der Waals surface area contributed by atoms with E-state index in [0.29, 0.717) is 42.5 Å². The number of rotatable bonds is 5. The van der Waals surface area contributed by atoms with Crippen molar-refractivity contribution in [3.8, 4) is 0 Å². The zero-order valence-electron chi connectivity index (χ0n) is 13.1. The van der Waals surface area contributed by atoms with Crippen molar-refractivity contribution in [2.24, 2.45) is 0 Å². The molecule has 21 heavy (non-hydrogen) atoms. The number of aromatic nitrogens is 2. The van der Waals surface area contributed by atoms with Gasteiger partial charge in [-0.1, -0.05) is 6.92 Å². The zero-order chi connectivity index (χ0) is 15.7. The van der Waals surface area contributed by atoms with Gasteiger partial charge in [-0.3, -0.25) is 5.10 Å². The summed E-state index contributed by atoms with van der Waals surface area (Å²) >= 11 is 0. The van der Waals surface area contributed by atoms with Crippen molar-refractivity contribution in [3.05, 3.63) is 11.4 Å². The van der Waals surface area contributed by atoms with Gasteiger partial charge in [0, 0.05) is 19.6 Å². The molecule has 0 amide bonds. The molecule has 2 heterocycles. The molecule has 0 unspecified atom stereocenters. The molecule has 1 saturated heterocycles. The predicted molar refractivity (Wildman–Crippen MR) is 79.5 cm³/mol. The van der Waals surface area contributed by atoms with Crippen LogP contribution in [0.5, 0.6) is 0 Å². The largest absolute Gasteiger partial charge is 0.373 e. The fourth-order valence-corrected chi connectivity index (χ4v) is 4.38. The number of morpholine rings is 1. The highest BCUT2D eigenvalue weighted by atomic mass is 32.2. The lowest BCUT2D eigenvalue weighted by Gasteiger charge is -2.37. The van der Waals surface area contributed by atoms with Gasteiger partial charge < -0.3 is 10.1 Å². The van der Waals surface area contributed by atoms with E-state index in [-0.39, 0.29) is 0 Å². The van der Waals surface area contributed by atoms with Crippen molar-refractivity contribution in [3.63, 3.8) is 0 Å². The van der Waals surface area contributed by atoms with Crippen LogP contribution in [-0.2, 0) is 21.3 Å². The molecule has 1 fully saturated rings. The number of hydrogen-bond donors (Lipinski definition) is 2. The van der Waals surface area contributed by atoms with Crippen molar-refractivity contribution in [1.82, 2.24) is 19.8 Å². The van der Waals surface area contributed by atoms with E-state index < -0.39 is 15.6 Å². The second-order valence-electron chi connectivity index (χ2n) is 5.85. The summed E-state index contributed by atoms with van der Waals surface area (Å²) in [5.74, 6) is 0. The molecular formula is C13H24N4O3S. The molecule has 1 aromatic rings. The third-order valence-corrected chi connectivity index (χ3v) is 5.54. The molecule has 0 radical (unpaired) electrons. The molecule has 8 heteroatoms. The standard InChI is InChI=1S/C13H24N4O3S/c1-5-14-8-11-12(10(2)15-16-11)21(18,19)17-6-7-20-13(3,4)9-17/h14H,5-9H2,1-4H3,(H,15,16). The van der Waals surface area contributed by atoms with Gasteiger partial charge in [0.1, 0.15) is 4.90 Å². The molecule has 0 bridgehead atoms. The first-order valence-corrected chi connectivity index (χ1v) is 8.60. The predicted octanol–water partition coefficient (Wildman–Crippen LogP) is 0.627. The van der Waals surface area contributed by atoms with Gasteiger partial charge >= 0.3 is 0 Å². The summed E-state index contributed by atoms with van der Waals surface area (Å²) in [7, 11) is -3.56. The average molecular weight is 316 g/mol. The Kier molecular flexibility index (Phi) is 4.72. The minimum absolute atomic E-state index is 0.293. The third-order valence-electron chi connectivity index (χ3n) is 3.49. The molecule has 120 valence electrons. The van der Waals surface area contributed by atoms with Gasteiger partial charge in [-0.05, 0) is 27.3 Å². The van der Waals surface area contributed by atoms with E-state index in [0.717, 1.165) is 6.54 Å². The summed E-state index contributed by atoms with van der Waals surface area (Å²) in [5.41, 5.74) is 0.649. The summed E-state index contributed by atoms with van der Waals surface area (Å²) in [4.78, 5) is 0.293. The maximum absolute atomic E-state index is 12.9. The van der Waals surface area contributed by atoms with Crippen molar-refractivity contribution >= 4 is 10.0 Å². The van der Waals surface area contributed by atoms with Crippen molar-refractivity contribution in [2.45, 2.75) is 44.7 Å². The fraction of sp³-hybridized carbons (Fsp3) is 0.769. The van der Waals surface area contributed by atoms with Gasteiger partial charge in [-0.2, -0.15) is 9.40 Å². The first-order chi connectivity index (χ1) is 9.78. The molecule has 1 aliphatic heterocycles. The van der Waals surface area contributed by atoms with Gasteiger partial charge in [0.2, 0.25) is 10.0 Å². The molecule has 2 N–H and O–H groups in total. The minimum atomic E-state index is -3.56. The van der Waals surface area contributed by atoms with Gasteiger partial charge in [-0.25, -0.2) is 8.42 Å². The molecular weight excluding hydrogens is 292 g/mol. The van der Waals surface area contributed by atoms with Crippen molar-refractivity contribution < 1.29 is 13.2 Å². The first kappa shape index (κ1) is 16.4. The van der Waals surface area contributed by atoms with Crippen LogP contribution in [0.2, 0.25) is 0 Å². The molecule has 0 spiro atoms. The van der Waals surface area contributed by atoms with Crippen LogP contribution in [-0.4, -0.2) is 54.8 Å². The minimum Gasteiger partial charge on any atom is -0.373 e. The number of nitrogens with one attached hydrogen (secondary N) is 2. The Bertz CT molecular complexity index is 595. The van der Waals surface area contributed by atoms with Crippen LogP contribution in [0.4, 0.5) is 0 Å².